The highest BCUT2D eigenvalue weighted by Gasteiger charge is 1.93. The number of benzene rings is 1. The summed E-state index contributed by atoms with van der Waals surface area (Å²) in [6, 6.07) is 8.00. The van der Waals surface area contributed by atoms with Gasteiger partial charge in [0.1, 0.15) is 0 Å². The SMILES string of the molecule is CC#CCNc1ccccc1Br. The van der Waals surface area contributed by atoms with Crippen molar-refractivity contribution >= 4 is 21.6 Å². The van der Waals surface area contributed by atoms with Crippen LogP contribution < -0.4 is 5.32 Å². The minimum atomic E-state index is 0.694. The van der Waals surface area contributed by atoms with Gasteiger partial charge in [0.25, 0.3) is 0 Å². The summed E-state index contributed by atoms with van der Waals surface area (Å²) in [5.74, 6) is 5.77. The molecule has 1 aromatic carbocycles. The van der Waals surface area contributed by atoms with E-state index < -0.39 is 0 Å². The molecule has 1 N–H and O–H groups in total. The number of hydrogen-bond acceptors (Lipinski definition) is 1. The first-order chi connectivity index (χ1) is 5.84. The lowest BCUT2D eigenvalue weighted by Gasteiger charge is -2.03. The topological polar surface area (TPSA) is 12.0 Å². The Kier molecular flexibility index (Phi) is 3.69. The second-order valence-electron chi connectivity index (χ2n) is 2.26. The van der Waals surface area contributed by atoms with Crippen molar-refractivity contribution in [1.29, 1.82) is 0 Å². The fourth-order valence-corrected chi connectivity index (χ4v) is 1.26. The largest absolute Gasteiger partial charge is 0.373 e. The lowest BCUT2D eigenvalue weighted by atomic mass is 10.3. The summed E-state index contributed by atoms with van der Waals surface area (Å²) in [4.78, 5) is 0. The number of anilines is 1. The van der Waals surface area contributed by atoms with Gasteiger partial charge in [0.05, 0.1) is 6.54 Å². The van der Waals surface area contributed by atoms with Gasteiger partial charge in [0.15, 0.2) is 0 Å². The van der Waals surface area contributed by atoms with E-state index in [9.17, 15) is 0 Å². The van der Waals surface area contributed by atoms with E-state index in [1.807, 2.05) is 31.2 Å². The van der Waals surface area contributed by atoms with Crippen LogP contribution in [0.5, 0.6) is 0 Å². The van der Waals surface area contributed by atoms with Gasteiger partial charge in [0.2, 0.25) is 0 Å². The summed E-state index contributed by atoms with van der Waals surface area (Å²) in [6.07, 6.45) is 0. The van der Waals surface area contributed by atoms with Gasteiger partial charge in [-0.3, -0.25) is 0 Å². The summed E-state index contributed by atoms with van der Waals surface area (Å²) >= 11 is 3.44. The van der Waals surface area contributed by atoms with Crippen molar-refractivity contribution in [3.8, 4) is 11.8 Å². The third kappa shape index (κ3) is 2.60. The minimum Gasteiger partial charge on any atom is -0.373 e. The van der Waals surface area contributed by atoms with Gasteiger partial charge in [0, 0.05) is 10.2 Å². The standard InChI is InChI=1S/C10H10BrN/c1-2-3-8-12-10-7-5-4-6-9(10)11/h4-7,12H,8H2,1H3. The molecule has 1 aromatic rings. The molecule has 0 aliphatic rings. The second kappa shape index (κ2) is 4.84. The molecule has 0 amide bonds. The third-order valence-electron chi connectivity index (χ3n) is 1.42. The van der Waals surface area contributed by atoms with Gasteiger partial charge in [-0.2, -0.15) is 0 Å². The summed E-state index contributed by atoms with van der Waals surface area (Å²) in [5, 5.41) is 3.19. The zero-order valence-electron chi connectivity index (χ0n) is 6.89. The molecule has 0 unspecified atom stereocenters. The van der Waals surface area contributed by atoms with Crippen LogP contribution in [0.3, 0.4) is 0 Å². The maximum absolute atomic E-state index is 3.44. The van der Waals surface area contributed by atoms with Crippen LogP contribution in [0, 0.1) is 11.8 Å². The fraction of sp³-hybridized carbons (Fsp3) is 0.200. The summed E-state index contributed by atoms with van der Waals surface area (Å²) in [5.41, 5.74) is 1.08. The number of halogens is 1. The molecule has 0 aromatic heterocycles. The first-order valence-corrected chi connectivity index (χ1v) is 4.52. The van der Waals surface area contributed by atoms with E-state index in [0.29, 0.717) is 6.54 Å². The van der Waals surface area contributed by atoms with Crippen LogP contribution in [0.25, 0.3) is 0 Å². The average Bonchev–Trinajstić information content (AvgIpc) is 2.09. The van der Waals surface area contributed by atoms with E-state index in [1.54, 1.807) is 0 Å². The highest BCUT2D eigenvalue weighted by molar-refractivity contribution is 9.10. The van der Waals surface area contributed by atoms with Gasteiger partial charge >= 0.3 is 0 Å². The molecular formula is C10H10BrN. The molecule has 0 aliphatic carbocycles. The summed E-state index contributed by atoms with van der Waals surface area (Å²) in [6.45, 7) is 2.53. The van der Waals surface area contributed by atoms with E-state index >= 15 is 0 Å². The van der Waals surface area contributed by atoms with Gasteiger partial charge < -0.3 is 5.32 Å². The Balaban J connectivity index is 2.61. The minimum absolute atomic E-state index is 0.694. The van der Waals surface area contributed by atoms with Crippen molar-refractivity contribution in [2.75, 3.05) is 11.9 Å². The van der Waals surface area contributed by atoms with Crippen molar-refractivity contribution in [2.45, 2.75) is 6.92 Å². The van der Waals surface area contributed by atoms with Crippen molar-refractivity contribution in [3.63, 3.8) is 0 Å². The van der Waals surface area contributed by atoms with Crippen molar-refractivity contribution in [3.05, 3.63) is 28.7 Å². The van der Waals surface area contributed by atoms with E-state index in [2.05, 4.69) is 33.1 Å². The van der Waals surface area contributed by atoms with Crippen molar-refractivity contribution in [1.82, 2.24) is 0 Å². The molecule has 0 fully saturated rings. The Morgan fingerprint density at radius 3 is 2.83 bits per heavy atom. The molecule has 2 heteroatoms. The lowest BCUT2D eigenvalue weighted by molar-refractivity contribution is 1.36. The first kappa shape index (κ1) is 9.15. The van der Waals surface area contributed by atoms with Crippen LogP contribution in [0.15, 0.2) is 28.7 Å². The monoisotopic (exact) mass is 223 g/mol. The highest BCUT2D eigenvalue weighted by atomic mass is 79.9. The number of nitrogens with one attached hydrogen (secondary N) is 1. The molecule has 12 heavy (non-hydrogen) atoms. The third-order valence-corrected chi connectivity index (χ3v) is 2.11. The predicted molar refractivity (Wildman–Crippen MR) is 56.1 cm³/mol. The first-order valence-electron chi connectivity index (χ1n) is 3.72. The van der Waals surface area contributed by atoms with Crippen LogP contribution >= 0.6 is 15.9 Å². The van der Waals surface area contributed by atoms with Crippen molar-refractivity contribution in [2.24, 2.45) is 0 Å². The van der Waals surface area contributed by atoms with E-state index in [4.69, 9.17) is 0 Å². The van der Waals surface area contributed by atoms with E-state index in [0.717, 1.165) is 10.2 Å². The average molecular weight is 224 g/mol. The maximum Gasteiger partial charge on any atom is 0.0766 e. The van der Waals surface area contributed by atoms with Gasteiger partial charge in [-0.25, -0.2) is 0 Å². The smallest absolute Gasteiger partial charge is 0.0766 e. The van der Waals surface area contributed by atoms with Gasteiger partial charge in [-0.1, -0.05) is 18.1 Å². The van der Waals surface area contributed by atoms with Crippen LogP contribution in [-0.2, 0) is 0 Å². The van der Waals surface area contributed by atoms with Crippen LogP contribution in [-0.4, -0.2) is 6.54 Å². The molecule has 62 valence electrons. The Morgan fingerprint density at radius 2 is 2.17 bits per heavy atom. The maximum atomic E-state index is 3.44. The van der Waals surface area contributed by atoms with E-state index in [1.165, 1.54) is 0 Å². The zero-order valence-corrected chi connectivity index (χ0v) is 8.48. The van der Waals surface area contributed by atoms with Gasteiger partial charge in [-0.05, 0) is 35.0 Å². The Bertz CT molecular complexity index is 309. The normalized spacial score (nSPS) is 8.50. The molecule has 0 aliphatic heterocycles. The quantitative estimate of drug-likeness (QED) is 0.761. The summed E-state index contributed by atoms with van der Waals surface area (Å²) < 4.78 is 1.07. The van der Waals surface area contributed by atoms with Gasteiger partial charge in [-0.15, -0.1) is 5.92 Å². The number of hydrogen-bond donors (Lipinski definition) is 1. The molecule has 1 rings (SSSR count). The molecule has 0 spiro atoms. The zero-order chi connectivity index (χ0) is 8.81. The lowest BCUT2D eigenvalue weighted by Crippen LogP contribution is -1.98. The molecule has 0 atom stereocenters. The molecule has 0 radical (unpaired) electrons. The number of rotatable bonds is 2. The second-order valence-corrected chi connectivity index (χ2v) is 3.11. The molecular weight excluding hydrogens is 214 g/mol. The molecule has 0 saturated heterocycles. The number of para-hydroxylation sites is 1. The molecule has 1 nitrogen and oxygen atoms in total. The van der Waals surface area contributed by atoms with Crippen LogP contribution in [0.1, 0.15) is 6.92 Å². The Morgan fingerprint density at radius 1 is 1.42 bits per heavy atom. The van der Waals surface area contributed by atoms with Crippen molar-refractivity contribution < 1.29 is 0 Å². The highest BCUT2D eigenvalue weighted by Crippen LogP contribution is 2.20. The summed E-state index contributed by atoms with van der Waals surface area (Å²) in [7, 11) is 0. The Labute approximate surface area is 81.3 Å². The van der Waals surface area contributed by atoms with Crippen LogP contribution in [0.4, 0.5) is 5.69 Å². The molecule has 0 heterocycles. The molecule has 0 bridgehead atoms. The van der Waals surface area contributed by atoms with E-state index in [-0.39, 0.29) is 0 Å². The predicted octanol–water partition coefficient (Wildman–Crippen LogP) is 2.88. The molecule has 0 saturated carbocycles. The fourth-order valence-electron chi connectivity index (χ4n) is 0.832. The Hall–Kier alpha value is -0.940. The van der Waals surface area contributed by atoms with Crippen LogP contribution in [0.2, 0.25) is 0 Å².